The third kappa shape index (κ3) is 2.10. The minimum absolute atomic E-state index is 0.225. The number of benzene rings is 1. The van der Waals surface area contributed by atoms with Crippen LogP contribution < -0.4 is 11.1 Å². The molecule has 0 saturated heterocycles. The topological polar surface area (TPSA) is 70.6 Å². The van der Waals surface area contributed by atoms with Crippen LogP contribution in [0.15, 0.2) is 29.4 Å². The molecule has 4 heteroatoms. The number of nitrogens with two attached hydrogens (primary N) is 1. The van der Waals surface area contributed by atoms with Crippen molar-refractivity contribution in [2.75, 3.05) is 13.1 Å². The van der Waals surface area contributed by atoms with Gasteiger partial charge in [0, 0.05) is 12.5 Å². The van der Waals surface area contributed by atoms with E-state index in [1.807, 2.05) is 0 Å². The highest BCUT2D eigenvalue weighted by Crippen LogP contribution is 2.33. The molecule has 1 aromatic carbocycles. The second kappa shape index (κ2) is 4.31. The lowest BCUT2D eigenvalue weighted by molar-refractivity contribution is 0.317. The van der Waals surface area contributed by atoms with Gasteiger partial charge in [-0.3, -0.25) is 0 Å². The zero-order chi connectivity index (χ0) is 10.7. The number of nitrogens with zero attached hydrogens (tertiary/aromatic N) is 1. The predicted octanol–water partition coefficient (Wildman–Crippen LogP) is 0.662. The van der Waals surface area contributed by atoms with Gasteiger partial charge in [-0.25, -0.2) is 0 Å². The fraction of sp³-hybridized carbons (Fsp3) is 0.364. The fourth-order valence-electron chi connectivity index (χ4n) is 1.95. The summed E-state index contributed by atoms with van der Waals surface area (Å²) >= 11 is 0. The van der Waals surface area contributed by atoms with Gasteiger partial charge in [0.15, 0.2) is 5.84 Å². The zero-order valence-electron chi connectivity index (χ0n) is 8.48. The van der Waals surface area contributed by atoms with Crippen LogP contribution in [0.2, 0.25) is 0 Å². The van der Waals surface area contributed by atoms with Crippen molar-refractivity contribution >= 4 is 5.84 Å². The van der Waals surface area contributed by atoms with E-state index in [4.69, 9.17) is 10.9 Å². The zero-order valence-corrected chi connectivity index (χ0v) is 8.48. The van der Waals surface area contributed by atoms with Gasteiger partial charge in [-0.15, -0.1) is 0 Å². The summed E-state index contributed by atoms with van der Waals surface area (Å²) in [5.41, 5.74) is 8.21. The number of oxime groups is 1. The van der Waals surface area contributed by atoms with Crippen molar-refractivity contribution in [3.63, 3.8) is 0 Å². The summed E-state index contributed by atoms with van der Waals surface area (Å²) in [5, 5.41) is 14.4. The first kappa shape index (κ1) is 9.98. The van der Waals surface area contributed by atoms with E-state index in [0.29, 0.717) is 12.5 Å². The van der Waals surface area contributed by atoms with Crippen molar-refractivity contribution in [1.29, 1.82) is 0 Å². The summed E-state index contributed by atoms with van der Waals surface area (Å²) in [6.07, 6.45) is 1.12. The number of amidine groups is 1. The summed E-state index contributed by atoms with van der Waals surface area (Å²) in [7, 11) is 0. The maximum Gasteiger partial charge on any atom is 0.153 e. The van der Waals surface area contributed by atoms with Gasteiger partial charge < -0.3 is 16.3 Å². The molecule has 4 N–H and O–H groups in total. The lowest BCUT2D eigenvalue weighted by Gasteiger charge is -2.30. The molecule has 2 rings (SSSR count). The summed E-state index contributed by atoms with van der Waals surface area (Å²) in [5.74, 6) is 0.801. The first-order valence-electron chi connectivity index (χ1n) is 5.06. The summed E-state index contributed by atoms with van der Waals surface area (Å²) in [6.45, 7) is 1.32. The van der Waals surface area contributed by atoms with Gasteiger partial charge in [-0.2, -0.15) is 0 Å². The average molecular weight is 205 g/mol. The molecule has 0 aromatic heterocycles. The lowest BCUT2D eigenvalue weighted by atomic mass is 9.78. The maximum absolute atomic E-state index is 8.35. The Morgan fingerprint density at radius 1 is 1.53 bits per heavy atom. The van der Waals surface area contributed by atoms with E-state index in [1.54, 1.807) is 0 Å². The second-order valence-electron chi connectivity index (χ2n) is 3.82. The van der Waals surface area contributed by atoms with E-state index < -0.39 is 0 Å². The SMILES string of the molecule is NC(CNCC1Cc2ccccc21)=NO. The molecule has 0 heterocycles. The molecule has 1 aliphatic rings. The quantitative estimate of drug-likeness (QED) is 0.293. The van der Waals surface area contributed by atoms with E-state index in [1.165, 1.54) is 11.1 Å². The highest BCUT2D eigenvalue weighted by atomic mass is 16.4. The Morgan fingerprint density at radius 2 is 2.33 bits per heavy atom. The molecule has 4 nitrogen and oxygen atoms in total. The molecule has 0 fully saturated rings. The molecule has 1 atom stereocenters. The number of rotatable bonds is 4. The van der Waals surface area contributed by atoms with Gasteiger partial charge in [0.1, 0.15) is 0 Å². The Balaban J connectivity index is 1.80. The van der Waals surface area contributed by atoms with Crippen molar-refractivity contribution in [1.82, 2.24) is 5.32 Å². The fourth-order valence-corrected chi connectivity index (χ4v) is 1.95. The van der Waals surface area contributed by atoms with E-state index >= 15 is 0 Å². The highest BCUT2D eigenvalue weighted by molar-refractivity contribution is 5.81. The Bertz CT molecular complexity index is 376. The van der Waals surface area contributed by atoms with E-state index in [0.717, 1.165) is 13.0 Å². The van der Waals surface area contributed by atoms with Crippen LogP contribution in [0.5, 0.6) is 0 Å². The molecule has 0 saturated carbocycles. The van der Waals surface area contributed by atoms with Crippen molar-refractivity contribution in [3.05, 3.63) is 35.4 Å². The molecular weight excluding hydrogens is 190 g/mol. The van der Waals surface area contributed by atoms with Crippen LogP contribution in [0.25, 0.3) is 0 Å². The highest BCUT2D eigenvalue weighted by Gasteiger charge is 2.24. The normalized spacial score (nSPS) is 19.5. The molecule has 15 heavy (non-hydrogen) atoms. The van der Waals surface area contributed by atoms with E-state index in [-0.39, 0.29) is 5.84 Å². The van der Waals surface area contributed by atoms with Gasteiger partial charge >= 0.3 is 0 Å². The van der Waals surface area contributed by atoms with Crippen molar-refractivity contribution in [3.8, 4) is 0 Å². The molecule has 0 aliphatic heterocycles. The number of nitrogens with one attached hydrogen (secondary N) is 1. The van der Waals surface area contributed by atoms with Crippen LogP contribution in [0.3, 0.4) is 0 Å². The maximum atomic E-state index is 8.35. The summed E-state index contributed by atoms with van der Waals surface area (Å²) in [6, 6.07) is 8.46. The van der Waals surface area contributed by atoms with Gasteiger partial charge in [-0.1, -0.05) is 29.4 Å². The monoisotopic (exact) mass is 205 g/mol. The molecule has 80 valence electrons. The number of hydrogen-bond acceptors (Lipinski definition) is 3. The van der Waals surface area contributed by atoms with Gasteiger partial charge in [-0.05, 0) is 17.5 Å². The van der Waals surface area contributed by atoms with Crippen LogP contribution in [0.1, 0.15) is 17.0 Å². The number of fused-ring (bicyclic) bond motifs is 1. The largest absolute Gasteiger partial charge is 0.409 e. The first-order chi connectivity index (χ1) is 7.31. The Hall–Kier alpha value is -1.55. The average Bonchev–Trinajstić information content (AvgIpc) is 2.24. The van der Waals surface area contributed by atoms with E-state index in [2.05, 4.69) is 34.7 Å². The number of hydrogen-bond donors (Lipinski definition) is 3. The van der Waals surface area contributed by atoms with Crippen molar-refractivity contribution < 1.29 is 5.21 Å². The summed E-state index contributed by atoms with van der Waals surface area (Å²) < 4.78 is 0. The molecular formula is C11H15N3O. The van der Waals surface area contributed by atoms with Gasteiger partial charge in [0.25, 0.3) is 0 Å². The molecule has 0 bridgehead atoms. The Morgan fingerprint density at radius 3 is 3.07 bits per heavy atom. The van der Waals surface area contributed by atoms with Crippen molar-refractivity contribution in [2.45, 2.75) is 12.3 Å². The van der Waals surface area contributed by atoms with Gasteiger partial charge in [0.2, 0.25) is 0 Å². The molecule has 1 aromatic rings. The molecule has 1 aliphatic carbocycles. The third-order valence-corrected chi connectivity index (χ3v) is 2.79. The smallest absolute Gasteiger partial charge is 0.153 e. The third-order valence-electron chi connectivity index (χ3n) is 2.79. The van der Waals surface area contributed by atoms with Gasteiger partial charge in [0.05, 0.1) is 6.54 Å². The molecule has 0 amide bonds. The minimum Gasteiger partial charge on any atom is -0.409 e. The molecule has 1 unspecified atom stereocenters. The minimum atomic E-state index is 0.225. The van der Waals surface area contributed by atoms with Crippen LogP contribution in [0.4, 0.5) is 0 Å². The standard InChI is InChI=1S/C11H15N3O/c12-11(14-15)7-13-6-9-5-8-3-1-2-4-10(8)9/h1-4,9,13,15H,5-7H2,(H2,12,14). The Kier molecular flexibility index (Phi) is 2.87. The van der Waals surface area contributed by atoms with Crippen LogP contribution in [-0.2, 0) is 6.42 Å². The molecule has 0 radical (unpaired) electrons. The first-order valence-corrected chi connectivity index (χ1v) is 5.06. The second-order valence-corrected chi connectivity index (χ2v) is 3.82. The summed E-state index contributed by atoms with van der Waals surface area (Å²) in [4.78, 5) is 0. The molecule has 0 spiro atoms. The van der Waals surface area contributed by atoms with Crippen LogP contribution >= 0.6 is 0 Å². The predicted molar refractivity (Wildman–Crippen MR) is 59.2 cm³/mol. The van der Waals surface area contributed by atoms with Crippen molar-refractivity contribution in [2.24, 2.45) is 10.9 Å². The van der Waals surface area contributed by atoms with Crippen LogP contribution in [-0.4, -0.2) is 24.1 Å². The Labute approximate surface area is 88.8 Å². The van der Waals surface area contributed by atoms with Crippen LogP contribution in [0, 0.1) is 0 Å². The lowest BCUT2D eigenvalue weighted by Crippen LogP contribution is -2.35. The van der Waals surface area contributed by atoms with E-state index in [9.17, 15) is 0 Å².